The number of carbonyl (C=O) groups is 2. The van der Waals surface area contributed by atoms with Crippen molar-refractivity contribution in [1.29, 1.82) is 0 Å². The quantitative estimate of drug-likeness (QED) is 0.462. The van der Waals surface area contributed by atoms with E-state index in [9.17, 15) is 9.59 Å². The van der Waals surface area contributed by atoms with Gasteiger partial charge < -0.3 is 19.9 Å². The molecule has 178 valence electrons. The fraction of sp³-hybridized carbons (Fsp3) is 0.286. The average Bonchev–Trinajstić information content (AvgIpc) is 2.83. The molecule has 0 saturated heterocycles. The Kier molecular flexibility index (Phi) is 8.44. The minimum atomic E-state index is -0.141. The Morgan fingerprint density at radius 3 is 2.35 bits per heavy atom. The number of methoxy groups -OCH3 is 1. The molecule has 0 saturated carbocycles. The number of ether oxygens (including phenoxy) is 1. The Bertz CT molecular complexity index is 1130. The molecule has 3 rings (SSSR count). The normalized spacial score (nSPS) is 11.7. The Labute approximate surface area is 202 Å². The average molecular weight is 460 g/mol. The largest absolute Gasteiger partial charge is 0.495 e. The Morgan fingerprint density at radius 1 is 1.00 bits per heavy atom. The van der Waals surface area contributed by atoms with Gasteiger partial charge in [-0.2, -0.15) is 0 Å². The maximum Gasteiger partial charge on any atom is 0.251 e. The lowest BCUT2D eigenvalue weighted by Gasteiger charge is -2.23. The van der Waals surface area contributed by atoms with Crippen LogP contribution in [0.3, 0.4) is 0 Å². The summed E-state index contributed by atoms with van der Waals surface area (Å²) in [6, 6.07) is 21.3. The predicted molar refractivity (Wildman–Crippen MR) is 138 cm³/mol. The monoisotopic (exact) mass is 459 g/mol. The van der Waals surface area contributed by atoms with Gasteiger partial charge in [-0.25, -0.2) is 0 Å². The number of rotatable bonds is 10. The maximum absolute atomic E-state index is 13.4. The number of nitrogens with zero attached hydrogens (tertiary/aromatic N) is 2. The van der Waals surface area contributed by atoms with Crippen molar-refractivity contribution in [3.05, 3.63) is 83.4 Å². The van der Waals surface area contributed by atoms with Crippen LogP contribution in [0, 0.1) is 0 Å². The van der Waals surface area contributed by atoms with Crippen LogP contribution in [0.1, 0.15) is 26.3 Å². The molecule has 0 heterocycles. The van der Waals surface area contributed by atoms with E-state index in [0.29, 0.717) is 16.9 Å². The molecule has 0 aromatic heterocycles. The molecule has 3 aromatic rings. The van der Waals surface area contributed by atoms with E-state index in [0.717, 1.165) is 36.1 Å². The van der Waals surface area contributed by atoms with Gasteiger partial charge in [0.15, 0.2) is 6.29 Å². The predicted octanol–water partition coefficient (Wildman–Crippen LogP) is 4.14. The first-order valence-corrected chi connectivity index (χ1v) is 11.3. The molecule has 0 aliphatic heterocycles. The third-order valence-corrected chi connectivity index (χ3v) is 5.63. The smallest absolute Gasteiger partial charge is 0.251 e. The van der Waals surface area contributed by atoms with Crippen molar-refractivity contribution in [2.45, 2.75) is 12.5 Å². The number of hydrogen-bond donors (Lipinski definition) is 1. The molecule has 0 aliphatic carbocycles. The zero-order valence-corrected chi connectivity index (χ0v) is 20.5. The topological polar surface area (TPSA) is 61.9 Å². The summed E-state index contributed by atoms with van der Waals surface area (Å²) >= 11 is 0. The summed E-state index contributed by atoms with van der Waals surface area (Å²) in [5.41, 5.74) is 4.65. The number of carbonyl (C=O) groups excluding carboxylic acids is 2. The summed E-state index contributed by atoms with van der Waals surface area (Å²) in [6.07, 6.45) is 1.52. The highest BCUT2D eigenvalue weighted by molar-refractivity contribution is 5.98. The minimum absolute atomic E-state index is 0.0516. The molecule has 0 spiro atoms. The number of anilines is 1. The van der Waals surface area contributed by atoms with Crippen LogP contribution in [0.15, 0.2) is 66.7 Å². The molecule has 6 nitrogen and oxygen atoms in total. The first-order valence-electron chi connectivity index (χ1n) is 11.3. The number of nitrogens with one attached hydrogen (secondary N) is 1. The first-order chi connectivity index (χ1) is 16.3. The third-order valence-electron chi connectivity index (χ3n) is 5.63. The summed E-state index contributed by atoms with van der Waals surface area (Å²) < 4.78 is 5.55. The van der Waals surface area contributed by atoms with E-state index >= 15 is 0 Å². The van der Waals surface area contributed by atoms with Gasteiger partial charge in [-0.1, -0.05) is 42.5 Å². The second-order valence-corrected chi connectivity index (χ2v) is 8.83. The van der Waals surface area contributed by atoms with E-state index in [1.807, 2.05) is 81.6 Å². The highest BCUT2D eigenvalue weighted by Gasteiger charge is 2.19. The van der Waals surface area contributed by atoms with E-state index in [1.165, 1.54) is 5.56 Å². The van der Waals surface area contributed by atoms with Crippen LogP contribution in [0.5, 0.6) is 5.75 Å². The molecule has 0 bridgehead atoms. The lowest BCUT2D eigenvalue weighted by Crippen LogP contribution is -2.43. The highest BCUT2D eigenvalue weighted by atomic mass is 16.5. The molecule has 1 amide bonds. The molecule has 0 radical (unpaired) electrons. The fourth-order valence-corrected chi connectivity index (χ4v) is 4.03. The first kappa shape index (κ1) is 25.0. The number of likely N-dealkylation sites (N-methyl/N-ethyl adjacent to an activating group) is 1. The van der Waals surface area contributed by atoms with E-state index in [4.69, 9.17) is 4.74 Å². The van der Waals surface area contributed by atoms with Gasteiger partial charge in [-0.05, 0) is 55.9 Å². The molecule has 6 heteroatoms. The lowest BCUT2D eigenvalue weighted by molar-refractivity contribution is 0.0930. The summed E-state index contributed by atoms with van der Waals surface area (Å²) in [4.78, 5) is 29.0. The van der Waals surface area contributed by atoms with Crippen LogP contribution in [-0.2, 0) is 6.42 Å². The van der Waals surface area contributed by atoms with Crippen LogP contribution < -0.4 is 15.0 Å². The number of hydrogen-bond acceptors (Lipinski definition) is 5. The molecule has 1 N–H and O–H groups in total. The minimum Gasteiger partial charge on any atom is -0.495 e. The SMILES string of the molecule is COc1c(C=O)cccc1-c1cc(C(=O)N[C@@H](Cc2ccccc2)CN(C)C)cc(N(C)C)c1. The van der Waals surface area contributed by atoms with Crippen molar-refractivity contribution in [3.8, 4) is 16.9 Å². The Hall–Kier alpha value is -3.64. The second kappa shape index (κ2) is 11.5. The van der Waals surface area contributed by atoms with Crippen molar-refractivity contribution in [1.82, 2.24) is 10.2 Å². The zero-order valence-electron chi connectivity index (χ0n) is 20.5. The standard InChI is InChI=1S/C28H33N3O3/c1-30(2)18-24(14-20-10-7-6-8-11-20)29-28(33)23-15-22(16-25(17-23)31(3)4)26-13-9-12-21(19-32)27(26)34-5/h6-13,15-17,19,24H,14,18H2,1-5H3,(H,29,33)/t24-/m0/s1. The van der Waals surface area contributed by atoms with Gasteiger partial charge in [-0.15, -0.1) is 0 Å². The van der Waals surface area contributed by atoms with Gasteiger partial charge in [0.2, 0.25) is 0 Å². The van der Waals surface area contributed by atoms with E-state index in [2.05, 4.69) is 22.3 Å². The molecular formula is C28H33N3O3. The summed E-state index contributed by atoms with van der Waals surface area (Å²) in [6.45, 7) is 0.718. The van der Waals surface area contributed by atoms with E-state index in [-0.39, 0.29) is 11.9 Å². The van der Waals surface area contributed by atoms with Gasteiger partial charge in [0.1, 0.15) is 5.75 Å². The Balaban J connectivity index is 1.97. The third kappa shape index (κ3) is 6.23. The van der Waals surface area contributed by atoms with Gasteiger partial charge in [0, 0.05) is 43.5 Å². The van der Waals surface area contributed by atoms with Gasteiger partial charge >= 0.3 is 0 Å². The summed E-state index contributed by atoms with van der Waals surface area (Å²) in [7, 11) is 9.42. The number of amides is 1. The van der Waals surface area contributed by atoms with Crippen LogP contribution in [0.25, 0.3) is 11.1 Å². The van der Waals surface area contributed by atoms with E-state index in [1.54, 1.807) is 13.2 Å². The molecule has 1 atom stereocenters. The van der Waals surface area contributed by atoms with Gasteiger partial charge in [0.05, 0.1) is 12.7 Å². The van der Waals surface area contributed by atoms with Crippen molar-refractivity contribution < 1.29 is 14.3 Å². The van der Waals surface area contributed by atoms with Crippen LogP contribution in [-0.4, -0.2) is 65.0 Å². The summed E-state index contributed by atoms with van der Waals surface area (Å²) in [5, 5.41) is 3.22. The van der Waals surface area contributed by atoms with Crippen LogP contribution in [0.2, 0.25) is 0 Å². The van der Waals surface area contributed by atoms with Crippen molar-refractivity contribution in [3.63, 3.8) is 0 Å². The maximum atomic E-state index is 13.4. The van der Waals surface area contributed by atoms with Crippen molar-refractivity contribution >= 4 is 17.9 Å². The number of para-hydroxylation sites is 1. The molecule has 0 unspecified atom stereocenters. The van der Waals surface area contributed by atoms with Gasteiger partial charge in [-0.3, -0.25) is 9.59 Å². The zero-order chi connectivity index (χ0) is 24.7. The van der Waals surface area contributed by atoms with Crippen LogP contribution >= 0.6 is 0 Å². The lowest BCUT2D eigenvalue weighted by atomic mass is 9.98. The number of benzene rings is 3. The van der Waals surface area contributed by atoms with Gasteiger partial charge in [0.25, 0.3) is 5.91 Å². The van der Waals surface area contributed by atoms with Crippen LogP contribution in [0.4, 0.5) is 5.69 Å². The second-order valence-electron chi connectivity index (χ2n) is 8.83. The molecule has 34 heavy (non-hydrogen) atoms. The molecular weight excluding hydrogens is 426 g/mol. The highest BCUT2D eigenvalue weighted by Crippen LogP contribution is 2.35. The van der Waals surface area contributed by atoms with Crippen molar-refractivity contribution in [2.24, 2.45) is 0 Å². The van der Waals surface area contributed by atoms with E-state index < -0.39 is 0 Å². The molecule has 0 aliphatic rings. The van der Waals surface area contributed by atoms with Crippen molar-refractivity contribution in [2.75, 3.05) is 46.7 Å². The molecule has 3 aromatic carbocycles. The molecule has 0 fully saturated rings. The fourth-order valence-electron chi connectivity index (χ4n) is 4.03. The number of aldehydes is 1. The summed E-state index contributed by atoms with van der Waals surface area (Å²) in [5.74, 6) is 0.354. The Morgan fingerprint density at radius 2 is 1.74 bits per heavy atom.